The normalized spacial score (nSPS) is 13.4. The van der Waals surface area contributed by atoms with Gasteiger partial charge in [-0.05, 0) is 36.8 Å². The second kappa shape index (κ2) is 8.17. The minimum absolute atomic E-state index is 0.0291. The number of hydrogen-bond donors (Lipinski definition) is 0. The van der Waals surface area contributed by atoms with Crippen LogP contribution in [0.3, 0.4) is 0 Å². The molecule has 1 aromatic heterocycles. The maximum absolute atomic E-state index is 12.7. The second-order valence-corrected chi connectivity index (χ2v) is 6.87. The van der Waals surface area contributed by atoms with Crippen molar-refractivity contribution in [2.45, 2.75) is 26.0 Å². The first-order valence-corrected chi connectivity index (χ1v) is 9.51. The number of carbonyl (C=O) groups is 2. The molecule has 0 bridgehead atoms. The molecule has 4 rings (SSSR count). The number of nitriles is 1. The zero-order valence-electron chi connectivity index (χ0n) is 16.1. The Hall–Kier alpha value is -3.99. The quantitative estimate of drug-likeness (QED) is 0.607. The van der Waals surface area contributed by atoms with Gasteiger partial charge in [-0.15, -0.1) is 0 Å². The monoisotopic (exact) mass is 402 g/mol. The fourth-order valence-corrected chi connectivity index (χ4v) is 3.49. The molecule has 0 N–H and O–H groups in total. The van der Waals surface area contributed by atoms with Crippen molar-refractivity contribution in [2.75, 3.05) is 11.4 Å². The molecule has 0 aliphatic carbocycles. The predicted molar refractivity (Wildman–Crippen MR) is 109 cm³/mol. The zero-order valence-corrected chi connectivity index (χ0v) is 16.1. The van der Waals surface area contributed by atoms with Gasteiger partial charge in [-0.25, -0.2) is 9.78 Å². The number of ether oxygens (including phenoxy) is 1. The smallest absolute Gasteiger partial charge is 0.338 e. The number of aromatic nitrogens is 2. The molecule has 1 amide bonds. The second-order valence-electron chi connectivity index (χ2n) is 6.87. The van der Waals surface area contributed by atoms with Gasteiger partial charge in [0, 0.05) is 18.7 Å². The highest BCUT2D eigenvalue weighted by atomic mass is 16.5. The third-order valence-electron chi connectivity index (χ3n) is 4.97. The predicted octanol–water partition coefficient (Wildman–Crippen LogP) is 2.40. The van der Waals surface area contributed by atoms with E-state index in [1.165, 1.54) is 4.57 Å². The van der Waals surface area contributed by atoms with Crippen LogP contribution < -0.4 is 10.5 Å². The number of benzene rings is 2. The van der Waals surface area contributed by atoms with Crippen LogP contribution in [0.5, 0.6) is 0 Å². The van der Waals surface area contributed by atoms with Gasteiger partial charge in [0.2, 0.25) is 5.91 Å². The van der Waals surface area contributed by atoms with Gasteiger partial charge < -0.3 is 9.64 Å². The molecule has 1 fully saturated rings. The van der Waals surface area contributed by atoms with E-state index in [2.05, 4.69) is 4.98 Å². The Morgan fingerprint density at radius 2 is 2.00 bits per heavy atom. The summed E-state index contributed by atoms with van der Waals surface area (Å²) in [5.74, 6) is -0.379. The molecule has 30 heavy (non-hydrogen) atoms. The summed E-state index contributed by atoms with van der Waals surface area (Å²) in [7, 11) is 0. The fraction of sp³-hybridized carbons (Fsp3) is 0.227. The molecule has 1 aliphatic heterocycles. The summed E-state index contributed by atoms with van der Waals surface area (Å²) < 4.78 is 6.58. The van der Waals surface area contributed by atoms with Crippen LogP contribution in [0.1, 0.15) is 29.0 Å². The maximum atomic E-state index is 12.7. The third-order valence-corrected chi connectivity index (χ3v) is 4.97. The molecule has 0 atom stereocenters. The first kappa shape index (κ1) is 19.3. The Kier molecular flexibility index (Phi) is 5.26. The Labute approximate surface area is 171 Å². The summed E-state index contributed by atoms with van der Waals surface area (Å²) in [6.07, 6.45) is 1.29. The van der Waals surface area contributed by atoms with E-state index in [1.807, 2.05) is 6.07 Å². The Balaban J connectivity index is 1.58. The van der Waals surface area contributed by atoms with Crippen molar-refractivity contribution in [1.82, 2.24) is 9.55 Å². The number of esters is 1. The lowest BCUT2D eigenvalue weighted by Crippen LogP contribution is -2.26. The molecule has 8 nitrogen and oxygen atoms in total. The van der Waals surface area contributed by atoms with Crippen LogP contribution in [0.15, 0.2) is 53.3 Å². The van der Waals surface area contributed by atoms with Gasteiger partial charge in [0.1, 0.15) is 13.2 Å². The van der Waals surface area contributed by atoms with Crippen LogP contribution in [0.4, 0.5) is 5.69 Å². The van der Waals surface area contributed by atoms with Gasteiger partial charge >= 0.3 is 5.97 Å². The summed E-state index contributed by atoms with van der Waals surface area (Å²) >= 11 is 0. The van der Waals surface area contributed by atoms with Crippen molar-refractivity contribution in [3.8, 4) is 6.07 Å². The minimum Gasteiger partial charge on any atom is -0.454 e. The Bertz CT molecular complexity index is 1240. The Morgan fingerprint density at radius 3 is 2.77 bits per heavy atom. The molecule has 3 aromatic rings. The summed E-state index contributed by atoms with van der Waals surface area (Å²) in [5, 5.41) is 9.47. The fourth-order valence-electron chi connectivity index (χ4n) is 3.49. The molecule has 2 heterocycles. The highest BCUT2D eigenvalue weighted by Crippen LogP contribution is 2.22. The van der Waals surface area contributed by atoms with Crippen molar-refractivity contribution < 1.29 is 14.3 Å². The molecule has 1 saturated heterocycles. The van der Waals surface area contributed by atoms with Crippen LogP contribution in [0, 0.1) is 11.3 Å². The highest BCUT2D eigenvalue weighted by molar-refractivity contribution is 5.97. The van der Waals surface area contributed by atoms with E-state index in [1.54, 1.807) is 53.4 Å². The molecule has 0 radical (unpaired) electrons. The molecular weight excluding hydrogens is 384 g/mol. The van der Waals surface area contributed by atoms with Gasteiger partial charge in [-0.1, -0.05) is 18.2 Å². The number of carbonyl (C=O) groups excluding carboxylic acids is 2. The molecule has 8 heteroatoms. The van der Waals surface area contributed by atoms with E-state index in [-0.39, 0.29) is 30.4 Å². The summed E-state index contributed by atoms with van der Waals surface area (Å²) in [5.41, 5.74) is 1.05. The maximum Gasteiger partial charge on any atom is 0.338 e. The van der Waals surface area contributed by atoms with Crippen molar-refractivity contribution in [3.63, 3.8) is 0 Å². The number of rotatable bonds is 5. The summed E-state index contributed by atoms with van der Waals surface area (Å²) in [6.45, 7) is 0.169. The highest BCUT2D eigenvalue weighted by Gasteiger charge is 2.22. The topological polar surface area (TPSA) is 105 Å². The van der Waals surface area contributed by atoms with E-state index in [0.717, 1.165) is 6.42 Å². The van der Waals surface area contributed by atoms with Crippen molar-refractivity contribution in [1.29, 1.82) is 5.26 Å². The van der Waals surface area contributed by atoms with Gasteiger partial charge in [0.15, 0.2) is 5.82 Å². The van der Waals surface area contributed by atoms with Gasteiger partial charge in [0.25, 0.3) is 5.56 Å². The third kappa shape index (κ3) is 3.65. The van der Waals surface area contributed by atoms with E-state index in [4.69, 9.17) is 10.00 Å². The van der Waals surface area contributed by atoms with Gasteiger partial charge in [0.05, 0.1) is 22.5 Å². The van der Waals surface area contributed by atoms with Crippen molar-refractivity contribution in [3.05, 3.63) is 70.3 Å². The largest absolute Gasteiger partial charge is 0.454 e. The lowest BCUT2D eigenvalue weighted by molar-refractivity contribution is -0.117. The van der Waals surface area contributed by atoms with Gasteiger partial charge in [-0.2, -0.15) is 5.26 Å². The SMILES string of the molecule is N#CCn1c(COC(=O)c2cccc(N3CCCC3=O)c2)nc2ccccc2c1=O. The van der Waals surface area contributed by atoms with E-state index < -0.39 is 5.97 Å². The summed E-state index contributed by atoms with van der Waals surface area (Å²) in [4.78, 5) is 43.2. The number of nitrogens with zero attached hydrogens (tertiary/aromatic N) is 4. The molecule has 0 unspecified atom stereocenters. The standard InChI is InChI=1S/C22H18N4O4/c23-10-12-26-19(24-18-8-2-1-7-17(18)21(26)28)14-30-22(29)15-5-3-6-16(13-15)25-11-4-9-20(25)27/h1-3,5-8,13H,4,9,11-12,14H2. The van der Waals surface area contributed by atoms with Crippen LogP contribution in [-0.4, -0.2) is 28.0 Å². The minimum atomic E-state index is -0.602. The number of anilines is 1. The first-order valence-electron chi connectivity index (χ1n) is 9.51. The number of amides is 1. The number of para-hydroxylation sites is 1. The zero-order chi connectivity index (χ0) is 21.1. The number of fused-ring (bicyclic) bond motifs is 1. The molecule has 0 saturated carbocycles. The molecule has 150 valence electrons. The first-order chi connectivity index (χ1) is 14.6. The molecular formula is C22H18N4O4. The van der Waals surface area contributed by atoms with Crippen LogP contribution in [0.25, 0.3) is 10.9 Å². The van der Waals surface area contributed by atoms with E-state index in [0.29, 0.717) is 35.1 Å². The molecule has 0 spiro atoms. The Morgan fingerprint density at radius 1 is 1.17 bits per heavy atom. The molecule has 1 aliphatic rings. The van der Waals surface area contributed by atoms with Gasteiger partial charge in [-0.3, -0.25) is 14.2 Å². The lowest BCUT2D eigenvalue weighted by Gasteiger charge is -2.16. The van der Waals surface area contributed by atoms with Crippen molar-refractivity contribution >= 4 is 28.5 Å². The lowest BCUT2D eigenvalue weighted by atomic mass is 10.2. The van der Waals surface area contributed by atoms with E-state index in [9.17, 15) is 14.4 Å². The average Bonchev–Trinajstić information content (AvgIpc) is 3.20. The average molecular weight is 402 g/mol. The number of hydrogen-bond acceptors (Lipinski definition) is 6. The van der Waals surface area contributed by atoms with Crippen LogP contribution >= 0.6 is 0 Å². The molecule has 2 aromatic carbocycles. The van der Waals surface area contributed by atoms with Crippen molar-refractivity contribution in [2.24, 2.45) is 0 Å². The van der Waals surface area contributed by atoms with E-state index >= 15 is 0 Å². The van der Waals surface area contributed by atoms with Crippen LogP contribution in [-0.2, 0) is 22.7 Å². The summed E-state index contributed by atoms with van der Waals surface area (Å²) in [6, 6.07) is 15.4. The van der Waals surface area contributed by atoms with Crippen LogP contribution in [0.2, 0.25) is 0 Å².